The van der Waals surface area contributed by atoms with Crippen LogP contribution in [0.25, 0.3) is 10.9 Å². The van der Waals surface area contributed by atoms with Gasteiger partial charge in [0.15, 0.2) is 0 Å². The number of benzene rings is 1. The van der Waals surface area contributed by atoms with Crippen molar-refractivity contribution in [3.8, 4) is 0 Å². The fraction of sp³-hybridized carbons (Fsp3) is 0.556. The number of likely N-dealkylation sites (tertiary alicyclic amines) is 1. The van der Waals surface area contributed by atoms with Gasteiger partial charge in [-0.15, -0.1) is 0 Å². The summed E-state index contributed by atoms with van der Waals surface area (Å²) in [6, 6.07) is 8.07. The number of β-amino-alcohol motifs (C(OH)–C–C–N with tert-alkyl or cyclic N) is 1. The van der Waals surface area contributed by atoms with Gasteiger partial charge in [0.2, 0.25) is 5.95 Å². The van der Waals surface area contributed by atoms with Crippen LogP contribution in [0.3, 0.4) is 0 Å². The van der Waals surface area contributed by atoms with Crippen LogP contribution in [0, 0.1) is 0 Å². The molecule has 2 saturated heterocycles. The lowest BCUT2D eigenvalue weighted by atomic mass is 10.0. The monoisotopic (exact) mass is 328 g/mol. The van der Waals surface area contributed by atoms with Crippen LogP contribution in [0.15, 0.2) is 29.1 Å². The normalized spacial score (nSPS) is 23.2. The number of para-hydroxylation sites is 1. The molecule has 1 atom stereocenters. The maximum absolute atomic E-state index is 12.6. The smallest absolute Gasteiger partial charge is 0.262 e. The van der Waals surface area contributed by atoms with E-state index in [1.807, 2.05) is 24.3 Å². The van der Waals surface area contributed by atoms with Crippen molar-refractivity contribution < 1.29 is 5.11 Å². The zero-order valence-corrected chi connectivity index (χ0v) is 14.1. The van der Waals surface area contributed by atoms with Gasteiger partial charge < -0.3 is 10.0 Å². The number of aliphatic hydroxyl groups excluding tert-OH is 1. The van der Waals surface area contributed by atoms with E-state index in [2.05, 4.69) is 9.80 Å². The Morgan fingerprint density at radius 1 is 1.12 bits per heavy atom. The van der Waals surface area contributed by atoms with Gasteiger partial charge in [-0.3, -0.25) is 14.3 Å². The number of hydrogen-bond acceptors (Lipinski definition) is 5. The first-order chi connectivity index (χ1) is 11.6. The molecule has 128 valence electrons. The van der Waals surface area contributed by atoms with Crippen molar-refractivity contribution in [2.75, 3.05) is 31.1 Å². The quantitative estimate of drug-likeness (QED) is 0.890. The van der Waals surface area contributed by atoms with Crippen LogP contribution < -0.4 is 10.5 Å². The van der Waals surface area contributed by atoms with Crippen molar-refractivity contribution in [2.24, 2.45) is 7.05 Å². The zero-order chi connectivity index (χ0) is 16.7. The maximum atomic E-state index is 12.6. The molecule has 1 N–H and O–H groups in total. The fourth-order valence-electron chi connectivity index (χ4n) is 4.02. The van der Waals surface area contributed by atoms with Crippen LogP contribution >= 0.6 is 0 Å². The number of rotatable bonds is 2. The average Bonchev–Trinajstić information content (AvgIpc) is 3.05. The summed E-state index contributed by atoms with van der Waals surface area (Å²) in [6.07, 6.45) is 2.83. The Labute approximate surface area is 141 Å². The van der Waals surface area contributed by atoms with Gasteiger partial charge in [0.05, 0.1) is 17.0 Å². The summed E-state index contributed by atoms with van der Waals surface area (Å²) in [5.74, 6) is 0.763. The molecule has 1 unspecified atom stereocenters. The summed E-state index contributed by atoms with van der Waals surface area (Å²) >= 11 is 0. The number of hydrogen-bond donors (Lipinski definition) is 1. The number of nitrogens with zero attached hydrogens (tertiary/aromatic N) is 4. The van der Waals surface area contributed by atoms with Crippen LogP contribution in [0.4, 0.5) is 5.95 Å². The van der Waals surface area contributed by atoms with Crippen molar-refractivity contribution in [1.29, 1.82) is 0 Å². The Bertz CT molecular complexity index is 795. The Balaban J connectivity index is 1.54. The first kappa shape index (κ1) is 15.6. The molecule has 4 rings (SSSR count). The third kappa shape index (κ3) is 2.70. The van der Waals surface area contributed by atoms with E-state index in [-0.39, 0.29) is 11.7 Å². The molecule has 0 bridgehead atoms. The van der Waals surface area contributed by atoms with Gasteiger partial charge in [0, 0.05) is 39.3 Å². The standard InChI is InChI=1S/C18H24N4O2/c1-20-17(24)15-4-2-3-5-16(15)19-18(20)21-9-6-13(7-10-21)22-11-8-14(23)12-22/h2-5,13-14,23H,6-12H2,1H3. The largest absolute Gasteiger partial charge is 0.392 e. The molecule has 0 aliphatic carbocycles. The highest BCUT2D eigenvalue weighted by atomic mass is 16.3. The predicted molar refractivity (Wildman–Crippen MR) is 94.4 cm³/mol. The number of fused-ring (bicyclic) bond motifs is 1. The van der Waals surface area contributed by atoms with E-state index in [4.69, 9.17) is 4.98 Å². The molecule has 3 heterocycles. The van der Waals surface area contributed by atoms with Gasteiger partial charge in [-0.05, 0) is 31.4 Å². The van der Waals surface area contributed by atoms with E-state index >= 15 is 0 Å². The van der Waals surface area contributed by atoms with E-state index in [1.54, 1.807) is 11.6 Å². The first-order valence-corrected chi connectivity index (χ1v) is 8.76. The summed E-state index contributed by atoms with van der Waals surface area (Å²) in [6.45, 7) is 3.60. The molecule has 24 heavy (non-hydrogen) atoms. The summed E-state index contributed by atoms with van der Waals surface area (Å²) in [4.78, 5) is 21.9. The molecule has 0 radical (unpaired) electrons. The molecule has 6 heteroatoms. The van der Waals surface area contributed by atoms with Gasteiger partial charge in [0.25, 0.3) is 5.56 Å². The van der Waals surface area contributed by atoms with Crippen molar-refractivity contribution in [1.82, 2.24) is 14.5 Å². The third-order valence-corrected chi connectivity index (χ3v) is 5.42. The lowest BCUT2D eigenvalue weighted by Crippen LogP contribution is -2.45. The highest BCUT2D eigenvalue weighted by Gasteiger charge is 2.30. The van der Waals surface area contributed by atoms with Gasteiger partial charge in [-0.2, -0.15) is 0 Å². The van der Waals surface area contributed by atoms with E-state index in [1.165, 1.54) is 0 Å². The molecule has 2 fully saturated rings. The highest BCUT2D eigenvalue weighted by molar-refractivity contribution is 5.78. The van der Waals surface area contributed by atoms with E-state index in [0.717, 1.165) is 56.9 Å². The minimum atomic E-state index is -0.161. The second-order valence-electron chi connectivity index (χ2n) is 6.95. The average molecular weight is 328 g/mol. The molecular weight excluding hydrogens is 304 g/mol. The van der Waals surface area contributed by atoms with Crippen LogP contribution in [0.1, 0.15) is 19.3 Å². The number of aromatic nitrogens is 2. The molecule has 1 aromatic heterocycles. The Morgan fingerprint density at radius 2 is 1.88 bits per heavy atom. The minimum absolute atomic E-state index is 0.0142. The summed E-state index contributed by atoms with van der Waals surface area (Å²) in [5.41, 5.74) is 0.778. The fourth-order valence-corrected chi connectivity index (χ4v) is 4.02. The van der Waals surface area contributed by atoms with Gasteiger partial charge >= 0.3 is 0 Å². The van der Waals surface area contributed by atoms with Crippen molar-refractivity contribution >= 4 is 16.9 Å². The Morgan fingerprint density at radius 3 is 2.58 bits per heavy atom. The van der Waals surface area contributed by atoms with E-state index in [9.17, 15) is 9.90 Å². The number of anilines is 1. The van der Waals surface area contributed by atoms with Gasteiger partial charge in [-0.25, -0.2) is 4.98 Å². The zero-order valence-electron chi connectivity index (χ0n) is 14.1. The molecular formula is C18H24N4O2. The minimum Gasteiger partial charge on any atom is -0.392 e. The topological polar surface area (TPSA) is 61.6 Å². The number of piperidine rings is 1. The molecule has 6 nitrogen and oxygen atoms in total. The second kappa shape index (κ2) is 6.18. The SMILES string of the molecule is Cn1c(N2CCC(N3CCC(O)C3)CC2)nc2ccccc2c1=O. The van der Waals surface area contributed by atoms with E-state index in [0.29, 0.717) is 11.4 Å². The molecule has 1 aromatic carbocycles. The van der Waals surface area contributed by atoms with Gasteiger partial charge in [-0.1, -0.05) is 12.1 Å². The van der Waals surface area contributed by atoms with Crippen molar-refractivity contribution in [3.63, 3.8) is 0 Å². The highest BCUT2D eigenvalue weighted by Crippen LogP contribution is 2.24. The molecule has 0 amide bonds. The summed E-state index contributed by atoms with van der Waals surface area (Å²) in [5, 5.41) is 10.4. The predicted octanol–water partition coefficient (Wildman–Crippen LogP) is 0.969. The Hall–Kier alpha value is -1.92. The maximum Gasteiger partial charge on any atom is 0.262 e. The third-order valence-electron chi connectivity index (χ3n) is 5.42. The van der Waals surface area contributed by atoms with Crippen LogP contribution in [0.5, 0.6) is 0 Å². The lowest BCUT2D eigenvalue weighted by Gasteiger charge is -2.37. The van der Waals surface area contributed by atoms with Crippen molar-refractivity contribution in [2.45, 2.75) is 31.4 Å². The molecule has 2 aromatic rings. The van der Waals surface area contributed by atoms with Gasteiger partial charge in [0.1, 0.15) is 0 Å². The van der Waals surface area contributed by atoms with Crippen molar-refractivity contribution in [3.05, 3.63) is 34.6 Å². The molecule has 0 saturated carbocycles. The Kier molecular flexibility index (Phi) is 4.02. The lowest BCUT2D eigenvalue weighted by molar-refractivity contribution is 0.148. The summed E-state index contributed by atoms with van der Waals surface area (Å²) < 4.78 is 1.67. The number of aliphatic hydroxyl groups is 1. The summed E-state index contributed by atoms with van der Waals surface area (Å²) in [7, 11) is 1.81. The molecule has 2 aliphatic heterocycles. The molecule has 0 spiro atoms. The van der Waals surface area contributed by atoms with Crippen LogP contribution in [-0.2, 0) is 7.05 Å². The second-order valence-corrected chi connectivity index (χ2v) is 6.95. The van der Waals surface area contributed by atoms with E-state index < -0.39 is 0 Å². The van der Waals surface area contributed by atoms with Crippen LogP contribution in [-0.4, -0.2) is 57.9 Å². The van der Waals surface area contributed by atoms with Crippen LogP contribution in [0.2, 0.25) is 0 Å². The molecule has 2 aliphatic rings. The first-order valence-electron chi connectivity index (χ1n) is 8.76.